The topological polar surface area (TPSA) is 88.3 Å². The van der Waals surface area contributed by atoms with Gasteiger partial charge in [-0.15, -0.1) is 0 Å². The number of rotatable bonds is 6. The SMILES string of the molecule is CC(C)(C)[Si](C)(C)OC1CN(c2ccc(N3C[C@H](C(O)c4ccon4)OC3=O)cc2F)C1. The highest BCUT2D eigenvalue weighted by atomic mass is 28.4. The van der Waals surface area contributed by atoms with Crippen LogP contribution in [-0.4, -0.2) is 56.5 Å². The fourth-order valence-corrected chi connectivity index (χ4v) is 4.98. The van der Waals surface area contributed by atoms with Gasteiger partial charge in [-0.3, -0.25) is 4.90 Å². The maximum atomic E-state index is 14.9. The molecule has 2 aliphatic heterocycles. The van der Waals surface area contributed by atoms with Gasteiger partial charge in [0.25, 0.3) is 0 Å². The van der Waals surface area contributed by atoms with Crippen LogP contribution in [0.15, 0.2) is 35.1 Å². The molecule has 2 aromatic rings. The first-order valence-electron chi connectivity index (χ1n) is 10.7. The van der Waals surface area contributed by atoms with E-state index in [-0.39, 0.29) is 23.4 Å². The Morgan fingerprint density at radius 1 is 1.25 bits per heavy atom. The molecule has 2 aliphatic rings. The van der Waals surface area contributed by atoms with Gasteiger partial charge in [-0.2, -0.15) is 0 Å². The van der Waals surface area contributed by atoms with Gasteiger partial charge in [-0.25, -0.2) is 9.18 Å². The number of carbonyl (C=O) groups is 1. The number of benzene rings is 1. The molecule has 3 heterocycles. The zero-order valence-corrected chi connectivity index (χ0v) is 20.0. The highest BCUT2D eigenvalue weighted by Gasteiger charge is 2.43. The number of aromatic nitrogens is 1. The smallest absolute Gasteiger partial charge is 0.414 e. The Balaban J connectivity index is 1.39. The molecule has 1 unspecified atom stereocenters. The van der Waals surface area contributed by atoms with Crippen molar-refractivity contribution in [3.05, 3.63) is 42.0 Å². The van der Waals surface area contributed by atoms with Crippen molar-refractivity contribution in [3.63, 3.8) is 0 Å². The zero-order valence-electron chi connectivity index (χ0n) is 19.0. The summed E-state index contributed by atoms with van der Waals surface area (Å²) < 4.78 is 31.3. The lowest BCUT2D eigenvalue weighted by molar-refractivity contribution is 0.0277. The van der Waals surface area contributed by atoms with E-state index in [4.69, 9.17) is 13.7 Å². The van der Waals surface area contributed by atoms with E-state index in [9.17, 15) is 14.3 Å². The van der Waals surface area contributed by atoms with Crippen molar-refractivity contribution in [3.8, 4) is 0 Å². The molecule has 32 heavy (non-hydrogen) atoms. The second kappa shape index (κ2) is 8.16. The van der Waals surface area contributed by atoms with Crippen LogP contribution in [0.1, 0.15) is 32.6 Å². The van der Waals surface area contributed by atoms with Crippen LogP contribution < -0.4 is 9.80 Å². The normalized spacial score (nSPS) is 21.0. The second-order valence-corrected chi connectivity index (χ2v) is 14.7. The average molecular weight is 464 g/mol. The molecule has 0 aliphatic carbocycles. The minimum atomic E-state index is -1.86. The number of anilines is 2. The number of amides is 1. The Kier molecular flexibility index (Phi) is 5.80. The van der Waals surface area contributed by atoms with Gasteiger partial charge in [0, 0.05) is 19.2 Å². The molecule has 0 saturated carbocycles. The van der Waals surface area contributed by atoms with E-state index in [2.05, 4.69) is 39.0 Å². The van der Waals surface area contributed by atoms with E-state index in [1.54, 1.807) is 12.1 Å². The van der Waals surface area contributed by atoms with Gasteiger partial charge in [0.1, 0.15) is 23.9 Å². The first-order valence-corrected chi connectivity index (χ1v) is 13.7. The monoisotopic (exact) mass is 463 g/mol. The molecule has 4 rings (SSSR count). The predicted octanol–water partition coefficient (Wildman–Crippen LogP) is 4.08. The van der Waals surface area contributed by atoms with Crippen LogP contribution >= 0.6 is 0 Å². The summed E-state index contributed by atoms with van der Waals surface area (Å²) in [5, 5.41) is 14.1. The molecular formula is C22H30FN3O5Si. The van der Waals surface area contributed by atoms with E-state index >= 15 is 0 Å². The molecule has 2 atom stereocenters. The molecule has 1 aromatic carbocycles. The average Bonchev–Trinajstić information content (AvgIpc) is 3.33. The van der Waals surface area contributed by atoms with Crippen LogP contribution in [0, 0.1) is 5.82 Å². The number of cyclic esters (lactones) is 1. The van der Waals surface area contributed by atoms with Gasteiger partial charge in [-0.1, -0.05) is 25.9 Å². The van der Waals surface area contributed by atoms with Crippen molar-refractivity contribution in [1.29, 1.82) is 0 Å². The summed E-state index contributed by atoms with van der Waals surface area (Å²) in [5.74, 6) is -0.415. The van der Waals surface area contributed by atoms with Crippen molar-refractivity contribution in [2.75, 3.05) is 29.4 Å². The summed E-state index contributed by atoms with van der Waals surface area (Å²) in [5.41, 5.74) is 1.13. The number of halogens is 1. The van der Waals surface area contributed by atoms with Crippen molar-refractivity contribution in [1.82, 2.24) is 5.16 Å². The van der Waals surface area contributed by atoms with Crippen LogP contribution in [0.25, 0.3) is 0 Å². The molecule has 0 spiro atoms. The number of aliphatic hydroxyl groups excluding tert-OH is 1. The molecule has 0 radical (unpaired) electrons. The van der Waals surface area contributed by atoms with Crippen molar-refractivity contribution in [2.45, 2.75) is 57.2 Å². The minimum Gasteiger partial charge on any atom is -0.441 e. The Hall–Kier alpha value is -2.43. The van der Waals surface area contributed by atoms with Gasteiger partial charge >= 0.3 is 6.09 Å². The Morgan fingerprint density at radius 3 is 2.56 bits per heavy atom. The summed E-state index contributed by atoms with van der Waals surface area (Å²) in [6, 6.07) is 6.18. The fraction of sp³-hybridized carbons (Fsp3) is 0.545. The van der Waals surface area contributed by atoms with E-state index in [0.29, 0.717) is 24.5 Å². The van der Waals surface area contributed by atoms with E-state index < -0.39 is 32.4 Å². The second-order valence-electron chi connectivity index (χ2n) is 9.94. The van der Waals surface area contributed by atoms with Gasteiger partial charge in [0.05, 0.1) is 24.0 Å². The van der Waals surface area contributed by atoms with Crippen LogP contribution in [0.4, 0.5) is 20.6 Å². The Bertz CT molecular complexity index is 972. The van der Waals surface area contributed by atoms with Crippen LogP contribution in [0.3, 0.4) is 0 Å². The lowest BCUT2D eigenvalue weighted by Crippen LogP contribution is -2.58. The largest absolute Gasteiger partial charge is 0.441 e. The first-order chi connectivity index (χ1) is 15.0. The number of nitrogens with zero attached hydrogens (tertiary/aromatic N) is 3. The first kappa shape index (κ1) is 22.7. The molecule has 10 heteroatoms. The number of aliphatic hydroxyl groups is 1. The molecule has 2 fully saturated rings. The third-order valence-corrected chi connectivity index (χ3v) is 11.2. The summed E-state index contributed by atoms with van der Waals surface area (Å²) in [6.07, 6.45) is -1.15. The van der Waals surface area contributed by atoms with Crippen molar-refractivity contribution >= 4 is 25.8 Å². The van der Waals surface area contributed by atoms with Gasteiger partial charge < -0.3 is 23.7 Å². The van der Waals surface area contributed by atoms with Crippen LogP contribution in [-0.2, 0) is 9.16 Å². The van der Waals surface area contributed by atoms with Gasteiger partial charge in [0.2, 0.25) is 0 Å². The third kappa shape index (κ3) is 4.26. The maximum Gasteiger partial charge on any atom is 0.414 e. The summed E-state index contributed by atoms with van der Waals surface area (Å²) >= 11 is 0. The predicted molar refractivity (Wildman–Crippen MR) is 120 cm³/mol. The van der Waals surface area contributed by atoms with Gasteiger partial charge in [-0.05, 0) is 36.3 Å². The Morgan fingerprint density at radius 2 is 1.97 bits per heavy atom. The molecular weight excluding hydrogens is 433 g/mol. The van der Waals surface area contributed by atoms with Crippen molar-refractivity contribution < 1.29 is 28.0 Å². The van der Waals surface area contributed by atoms with E-state index in [1.807, 2.05) is 4.90 Å². The lowest BCUT2D eigenvalue weighted by atomic mass is 10.1. The summed E-state index contributed by atoms with van der Waals surface area (Å²) in [4.78, 5) is 15.6. The summed E-state index contributed by atoms with van der Waals surface area (Å²) in [6.45, 7) is 12.4. The minimum absolute atomic E-state index is 0.0811. The molecule has 1 N–H and O–H groups in total. The molecule has 0 bridgehead atoms. The van der Waals surface area contributed by atoms with Gasteiger partial charge in [0.15, 0.2) is 14.4 Å². The standard InChI is InChI=1S/C22H30FN3O5Si/c1-22(2,3)32(4,5)31-15-11-25(12-15)18-7-6-14(10-16(18)23)26-13-19(30-21(26)28)20(27)17-8-9-29-24-17/h6-10,15,19-20,27H,11-13H2,1-5H3/t19-,20?/m1/s1. The molecule has 174 valence electrons. The fourth-order valence-electron chi connectivity index (χ4n) is 3.65. The quantitative estimate of drug-likeness (QED) is 0.646. The number of hydrogen-bond acceptors (Lipinski definition) is 7. The number of hydrogen-bond donors (Lipinski definition) is 1. The molecule has 1 amide bonds. The van der Waals surface area contributed by atoms with Crippen LogP contribution in [0.5, 0.6) is 0 Å². The summed E-state index contributed by atoms with van der Waals surface area (Å²) in [7, 11) is -1.86. The number of ether oxygens (including phenoxy) is 1. The maximum absolute atomic E-state index is 14.9. The zero-order chi connectivity index (χ0) is 23.3. The molecule has 1 aromatic heterocycles. The molecule has 8 nitrogen and oxygen atoms in total. The van der Waals surface area contributed by atoms with E-state index in [0.717, 1.165) is 0 Å². The van der Waals surface area contributed by atoms with Crippen LogP contribution in [0.2, 0.25) is 18.1 Å². The van der Waals surface area contributed by atoms with E-state index in [1.165, 1.54) is 23.3 Å². The highest BCUT2D eigenvalue weighted by molar-refractivity contribution is 6.74. The third-order valence-electron chi connectivity index (χ3n) is 6.65. The highest BCUT2D eigenvalue weighted by Crippen LogP contribution is 2.39. The van der Waals surface area contributed by atoms with Crippen molar-refractivity contribution in [2.24, 2.45) is 0 Å². The lowest BCUT2D eigenvalue weighted by Gasteiger charge is -2.47. The number of carbonyl (C=O) groups excluding carboxylic acids is 1. The Labute approximate surface area is 188 Å². The molecule has 2 saturated heterocycles.